The van der Waals surface area contributed by atoms with Gasteiger partial charge < -0.3 is 19.3 Å². The Bertz CT molecular complexity index is 6130. The van der Waals surface area contributed by atoms with Crippen molar-refractivity contribution in [3.05, 3.63) is 443 Å². The maximum absolute atomic E-state index is 3.16. The third kappa shape index (κ3) is 10.9. The molecule has 4 nitrogen and oxygen atoms in total. The molecule has 7 heteroatoms. The number of fused-ring (bicyclic) bond motifs is 7. The number of anilines is 9. The van der Waals surface area contributed by atoms with Gasteiger partial charge in [-0.3, -0.25) is 0 Å². The molecule has 0 radical (unpaired) electrons. The molecule has 0 aliphatic carbocycles. The first kappa shape index (κ1) is 65.0. The van der Waals surface area contributed by atoms with E-state index in [1.165, 1.54) is 85.3 Å². The largest absolute Gasteiger partial charge is 0.311 e. The molecule has 18 aromatic rings. The van der Waals surface area contributed by atoms with Crippen LogP contribution in [0.15, 0.2) is 443 Å². The normalized spacial score (nSPS) is 12.3. The van der Waals surface area contributed by atoms with E-state index in [0.29, 0.717) is 0 Å². The van der Waals surface area contributed by atoms with E-state index in [1.54, 1.807) is 0 Å². The lowest BCUT2D eigenvalue weighted by atomic mass is 9.33. The highest BCUT2D eigenvalue weighted by atomic mass is 28.3. The van der Waals surface area contributed by atoms with Gasteiger partial charge in [-0.25, -0.2) is 0 Å². The fourth-order valence-electron chi connectivity index (χ4n) is 18.1. The van der Waals surface area contributed by atoms with E-state index in [0.717, 1.165) is 73.5 Å². The zero-order valence-electron chi connectivity index (χ0n) is 60.0. The molecule has 2 aliphatic heterocycles. The SMILES string of the molecule is c1ccc(-c2ccc(N3c4ccc(-c5ccccc5)cc4B4c5cc([Si](c6ccccc6)(c6ccccc6)c6ccccc6)ccc5N(c5ccc([Si](c6ccccc6)(c6ccccc6)c6ccccc6)cc5)c5cc(N(c6ccccc6)c6ccc7c(c6)c6ccccc6n7-c6ccccc6)cc3c54)cc2)cc1. The van der Waals surface area contributed by atoms with Gasteiger partial charge in [0, 0.05) is 62.0 Å². The van der Waals surface area contributed by atoms with Crippen molar-refractivity contribution >= 4 is 154 Å². The van der Waals surface area contributed by atoms with Gasteiger partial charge in [0.2, 0.25) is 0 Å². The summed E-state index contributed by atoms with van der Waals surface area (Å²) in [5, 5.41) is 13.0. The summed E-state index contributed by atoms with van der Waals surface area (Å²) < 4.78 is 2.41. The number of hydrogen-bond donors (Lipinski definition) is 0. The second-order valence-electron chi connectivity index (χ2n) is 28.6. The molecule has 20 rings (SSSR count). The Kier molecular flexibility index (Phi) is 16.3. The molecule has 0 bridgehead atoms. The lowest BCUT2D eigenvalue weighted by Gasteiger charge is -2.46. The van der Waals surface area contributed by atoms with E-state index in [2.05, 4.69) is 462 Å². The topological polar surface area (TPSA) is 14.7 Å². The Labute approximate surface area is 639 Å². The van der Waals surface area contributed by atoms with Gasteiger partial charge in [0.25, 0.3) is 6.71 Å². The van der Waals surface area contributed by atoms with Gasteiger partial charge in [-0.15, -0.1) is 0 Å². The van der Waals surface area contributed by atoms with Crippen molar-refractivity contribution in [1.82, 2.24) is 4.57 Å². The molecule has 0 fully saturated rings. The highest BCUT2D eigenvalue weighted by Crippen LogP contribution is 2.50. The Morgan fingerprint density at radius 1 is 0.211 bits per heavy atom. The molecule has 0 atom stereocenters. The molecule has 1 aromatic heterocycles. The minimum absolute atomic E-state index is 0.267. The Morgan fingerprint density at radius 2 is 0.569 bits per heavy atom. The van der Waals surface area contributed by atoms with Crippen LogP contribution < -0.4 is 72.6 Å². The zero-order valence-corrected chi connectivity index (χ0v) is 62.0. The number of nitrogens with zero attached hydrogens (tertiary/aromatic N) is 4. The van der Waals surface area contributed by atoms with Crippen LogP contribution >= 0.6 is 0 Å². The number of para-hydroxylation sites is 3. The van der Waals surface area contributed by atoms with Crippen LogP contribution in [0.2, 0.25) is 0 Å². The summed E-state index contributed by atoms with van der Waals surface area (Å²) in [6.45, 7) is -0.267. The average molecular weight is 1420 g/mol. The molecule has 0 spiro atoms. The number of aromatic nitrogens is 1. The van der Waals surface area contributed by atoms with Crippen molar-refractivity contribution in [2.45, 2.75) is 0 Å². The lowest BCUT2D eigenvalue weighted by Crippen LogP contribution is -2.75. The monoisotopic (exact) mass is 1420 g/mol. The first-order valence-electron chi connectivity index (χ1n) is 37.7. The van der Waals surface area contributed by atoms with Crippen molar-refractivity contribution in [1.29, 1.82) is 0 Å². The molecular weight excluding hydrogens is 1350 g/mol. The molecule has 0 N–H and O–H groups in total. The van der Waals surface area contributed by atoms with E-state index in [-0.39, 0.29) is 6.71 Å². The van der Waals surface area contributed by atoms with Crippen LogP contribution in [0.1, 0.15) is 0 Å². The van der Waals surface area contributed by atoms with Gasteiger partial charge in [0.15, 0.2) is 16.1 Å². The Balaban J connectivity index is 0.907. The summed E-state index contributed by atoms with van der Waals surface area (Å²) in [6, 6.07) is 167. The molecular formula is C102H73BN4Si2. The van der Waals surface area contributed by atoms with Crippen LogP contribution in [0, 0.1) is 0 Å². The molecule has 0 amide bonds. The maximum atomic E-state index is 2.67. The van der Waals surface area contributed by atoms with Crippen LogP contribution in [0.5, 0.6) is 0 Å². The highest BCUT2D eigenvalue weighted by molar-refractivity contribution is 7.20. The van der Waals surface area contributed by atoms with E-state index >= 15 is 0 Å². The summed E-state index contributed by atoms with van der Waals surface area (Å²) >= 11 is 0. The van der Waals surface area contributed by atoms with Crippen LogP contribution in [0.25, 0.3) is 49.7 Å². The third-order valence-corrected chi connectivity index (χ3v) is 32.4. The standard InChI is InChI=1S/C102H73BN4Si2/c1-11-33-74(34-12-1)76-55-58-80(59-56-76)106-98-66-57-77(75-35-13-2-14-36-75)69-94(98)103-95-73-91(109(87-47-25-8-26-48-87,88-49-27-9-28-50-88)89-51-29-10-30-52-89)65-68-99(95)107(81-60-63-90(64-61-81)108(84-41-19-5-20-42-84,85-43-21-6-22-44-85)86-45-23-7-24-46-86)101-72-83(71-100(106)102(101)103)104(78-37-15-3-16-38-78)82-62-67-97-93(70-82)92-53-31-32-54-96(92)105(97)79-39-17-4-18-40-79/h1-73H. The molecule has 512 valence electrons. The van der Waals surface area contributed by atoms with Gasteiger partial charge in [-0.05, 0) is 177 Å². The summed E-state index contributed by atoms with van der Waals surface area (Å²) in [5.74, 6) is 0. The van der Waals surface area contributed by atoms with Crippen LogP contribution in [0.3, 0.4) is 0 Å². The number of benzene rings is 17. The van der Waals surface area contributed by atoms with E-state index in [1.807, 2.05) is 0 Å². The smallest absolute Gasteiger partial charge is 0.252 e. The maximum Gasteiger partial charge on any atom is 0.252 e. The van der Waals surface area contributed by atoms with Gasteiger partial charge >= 0.3 is 0 Å². The second kappa shape index (κ2) is 27.4. The molecule has 0 saturated heterocycles. The Hall–Kier alpha value is -13.6. The average Bonchev–Trinajstić information content (AvgIpc) is 1.19. The zero-order chi connectivity index (χ0) is 72.2. The second-order valence-corrected chi connectivity index (χ2v) is 36.2. The molecule has 2 aliphatic rings. The first-order chi connectivity index (χ1) is 54.1. The molecule has 0 unspecified atom stereocenters. The molecule has 3 heterocycles. The van der Waals surface area contributed by atoms with E-state index < -0.39 is 16.1 Å². The predicted octanol–water partition coefficient (Wildman–Crippen LogP) is 18.4. The van der Waals surface area contributed by atoms with E-state index in [9.17, 15) is 0 Å². The van der Waals surface area contributed by atoms with Crippen LogP contribution in [-0.2, 0) is 0 Å². The summed E-state index contributed by atoms with van der Waals surface area (Å²) in [6.07, 6.45) is 0. The lowest BCUT2D eigenvalue weighted by molar-refractivity contribution is 1.18. The van der Waals surface area contributed by atoms with Crippen molar-refractivity contribution in [2.75, 3.05) is 14.7 Å². The van der Waals surface area contributed by atoms with Crippen molar-refractivity contribution in [3.63, 3.8) is 0 Å². The Morgan fingerprint density at radius 3 is 1.06 bits per heavy atom. The van der Waals surface area contributed by atoms with Crippen molar-refractivity contribution in [3.8, 4) is 27.9 Å². The predicted molar refractivity (Wildman–Crippen MR) is 468 cm³/mol. The van der Waals surface area contributed by atoms with Crippen molar-refractivity contribution < 1.29 is 0 Å². The summed E-state index contributed by atoms with van der Waals surface area (Å²) in [4.78, 5) is 7.73. The van der Waals surface area contributed by atoms with Gasteiger partial charge in [-0.2, -0.15) is 0 Å². The summed E-state index contributed by atoms with van der Waals surface area (Å²) in [7, 11) is -6.14. The van der Waals surface area contributed by atoms with Gasteiger partial charge in [-0.1, -0.05) is 346 Å². The fourth-order valence-corrected chi connectivity index (χ4v) is 27.6. The highest BCUT2D eigenvalue weighted by Gasteiger charge is 2.48. The van der Waals surface area contributed by atoms with Crippen LogP contribution in [0.4, 0.5) is 51.2 Å². The number of rotatable bonds is 16. The van der Waals surface area contributed by atoms with Crippen LogP contribution in [-0.4, -0.2) is 27.4 Å². The third-order valence-electron chi connectivity index (χ3n) is 22.8. The first-order valence-corrected chi connectivity index (χ1v) is 41.7. The molecule has 109 heavy (non-hydrogen) atoms. The number of hydrogen-bond acceptors (Lipinski definition) is 3. The minimum atomic E-state index is -3.16. The quantitative estimate of drug-likeness (QED) is 0.0708. The minimum Gasteiger partial charge on any atom is -0.311 e. The van der Waals surface area contributed by atoms with Gasteiger partial charge in [0.1, 0.15) is 0 Å². The fraction of sp³-hybridized carbons (Fsp3) is 0. The summed E-state index contributed by atoms with van der Waals surface area (Å²) in [5.41, 5.74) is 21.5. The van der Waals surface area contributed by atoms with Crippen molar-refractivity contribution in [2.24, 2.45) is 0 Å². The van der Waals surface area contributed by atoms with E-state index in [4.69, 9.17) is 0 Å². The molecule has 0 saturated carbocycles. The van der Waals surface area contributed by atoms with Gasteiger partial charge in [0.05, 0.1) is 16.7 Å². The molecule has 17 aromatic carbocycles.